The molecule has 142 valence electrons. The van der Waals surface area contributed by atoms with E-state index in [1.807, 2.05) is 0 Å². The summed E-state index contributed by atoms with van der Waals surface area (Å²) in [4.78, 5) is 14.4. The zero-order valence-corrected chi connectivity index (χ0v) is 14.8. The molecule has 1 heterocycles. The zero-order chi connectivity index (χ0) is 20.4. The highest BCUT2D eigenvalue weighted by Crippen LogP contribution is 2.37. The highest BCUT2D eigenvalue weighted by molar-refractivity contribution is 5.83. The molecule has 0 fully saturated rings. The van der Waals surface area contributed by atoms with E-state index in [2.05, 4.69) is 4.98 Å². The second-order valence-corrected chi connectivity index (χ2v) is 5.76. The lowest BCUT2D eigenvalue weighted by Gasteiger charge is -2.14. The van der Waals surface area contributed by atoms with Crippen molar-refractivity contribution in [3.05, 3.63) is 69.8 Å². The van der Waals surface area contributed by atoms with Crippen molar-refractivity contribution in [2.24, 2.45) is 0 Å². The monoisotopic (exact) mass is 386 g/mol. The van der Waals surface area contributed by atoms with Gasteiger partial charge in [0.2, 0.25) is 0 Å². The van der Waals surface area contributed by atoms with Gasteiger partial charge in [0.1, 0.15) is 40.6 Å². The molecule has 0 unspecified atom stereocenters. The van der Waals surface area contributed by atoms with Crippen LogP contribution >= 0.6 is 0 Å². The molecule has 0 bridgehead atoms. The number of nitriles is 1. The number of ether oxygens (including phenoxy) is 2. The lowest BCUT2D eigenvalue weighted by Crippen LogP contribution is -2.13. The Kier molecular flexibility index (Phi) is 5.09. The number of halogens is 3. The number of aromatic amines is 1. The Morgan fingerprint density at radius 1 is 0.929 bits per heavy atom. The first-order chi connectivity index (χ1) is 13.4. The molecule has 5 nitrogen and oxygen atoms in total. The minimum absolute atomic E-state index is 0.137. The van der Waals surface area contributed by atoms with Gasteiger partial charge >= 0.3 is 0 Å². The van der Waals surface area contributed by atoms with Crippen molar-refractivity contribution in [1.82, 2.24) is 4.98 Å². The van der Waals surface area contributed by atoms with Gasteiger partial charge in [-0.1, -0.05) is 0 Å². The number of H-pyrrole nitrogens is 1. The number of benzene rings is 2. The van der Waals surface area contributed by atoms with Gasteiger partial charge in [-0.05, 0) is 23.8 Å². The lowest BCUT2D eigenvalue weighted by molar-refractivity contribution is 0.394. The number of hydrogen-bond donors (Lipinski definition) is 1. The van der Waals surface area contributed by atoms with Gasteiger partial charge in [-0.2, -0.15) is 5.26 Å². The molecular weight excluding hydrogens is 373 g/mol. The van der Waals surface area contributed by atoms with Crippen LogP contribution in [0.4, 0.5) is 13.2 Å². The van der Waals surface area contributed by atoms with E-state index >= 15 is 0 Å². The summed E-state index contributed by atoms with van der Waals surface area (Å²) in [6, 6.07) is 8.60. The van der Waals surface area contributed by atoms with Gasteiger partial charge in [0.15, 0.2) is 0 Å². The molecule has 3 rings (SSSR count). The maximum atomic E-state index is 14.4. The lowest BCUT2D eigenvalue weighted by atomic mass is 9.96. The van der Waals surface area contributed by atoms with Crippen LogP contribution in [-0.4, -0.2) is 19.2 Å². The molecule has 0 spiro atoms. The molecule has 1 N–H and O–H groups in total. The van der Waals surface area contributed by atoms with Crippen LogP contribution in [0.2, 0.25) is 0 Å². The molecule has 1 aromatic heterocycles. The van der Waals surface area contributed by atoms with Crippen molar-refractivity contribution in [2.75, 3.05) is 14.2 Å². The van der Waals surface area contributed by atoms with Gasteiger partial charge in [-0.25, -0.2) is 13.2 Å². The van der Waals surface area contributed by atoms with Gasteiger partial charge in [0.25, 0.3) is 5.56 Å². The number of aromatic nitrogens is 1. The van der Waals surface area contributed by atoms with Crippen molar-refractivity contribution in [3.63, 3.8) is 0 Å². The minimum atomic E-state index is -1.20. The molecule has 0 amide bonds. The van der Waals surface area contributed by atoms with Gasteiger partial charge in [0, 0.05) is 23.8 Å². The van der Waals surface area contributed by atoms with Crippen molar-refractivity contribution in [1.29, 1.82) is 5.26 Å². The predicted molar refractivity (Wildman–Crippen MR) is 95.6 cm³/mol. The first-order valence-corrected chi connectivity index (χ1v) is 7.93. The fourth-order valence-corrected chi connectivity index (χ4v) is 2.78. The van der Waals surface area contributed by atoms with Crippen molar-refractivity contribution >= 4 is 0 Å². The highest BCUT2D eigenvalue weighted by atomic mass is 19.1. The van der Waals surface area contributed by atoms with Crippen LogP contribution in [0, 0.1) is 28.8 Å². The third-order valence-electron chi connectivity index (χ3n) is 4.08. The average Bonchev–Trinajstić information content (AvgIpc) is 2.66. The van der Waals surface area contributed by atoms with Crippen LogP contribution in [0.3, 0.4) is 0 Å². The standard InChI is InChI=1S/C20H13F3N2O3/c1-27-13-3-10(4-14(8-13)28-2)15-5-11(9-24)20(26)25-19(15)18-16(22)6-12(21)7-17(18)23/h3-8H,1-2H3,(H,25,26). The van der Waals surface area contributed by atoms with Gasteiger partial charge in [-0.15, -0.1) is 0 Å². The summed E-state index contributed by atoms with van der Waals surface area (Å²) in [6.45, 7) is 0. The SMILES string of the molecule is COc1cc(OC)cc(-c2cc(C#N)c(=O)[nH]c2-c2c(F)cc(F)cc2F)c1. The summed E-state index contributed by atoms with van der Waals surface area (Å²) in [5.41, 5.74) is -1.46. The molecule has 0 saturated carbocycles. The average molecular weight is 386 g/mol. The fourth-order valence-electron chi connectivity index (χ4n) is 2.78. The first kappa shape index (κ1) is 19.0. The van der Waals surface area contributed by atoms with Crippen LogP contribution in [0.1, 0.15) is 5.56 Å². The van der Waals surface area contributed by atoms with E-state index in [0.29, 0.717) is 29.2 Å². The van der Waals surface area contributed by atoms with Crippen LogP contribution in [-0.2, 0) is 0 Å². The number of rotatable bonds is 4. The molecule has 3 aromatic rings. The molecular formula is C20H13F3N2O3. The van der Waals surface area contributed by atoms with E-state index in [0.717, 1.165) is 0 Å². The van der Waals surface area contributed by atoms with E-state index in [9.17, 15) is 23.2 Å². The van der Waals surface area contributed by atoms with E-state index in [4.69, 9.17) is 9.47 Å². The number of methoxy groups -OCH3 is 2. The van der Waals surface area contributed by atoms with Gasteiger partial charge < -0.3 is 14.5 Å². The molecule has 0 saturated heterocycles. The van der Waals surface area contributed by atoms with Crippen molar-refractivity contribution in [2.45, 2.75) is 0 Å². The number of nitrogens with zero attached hydrogens (tertiary/aromatic N) is 1. The Balaban J connectivity index is 2.40. The molecule has 0 aliphatic heterocycles. The van der Waals surface area contributed by atoms with Crippen LogP contribution in [0.25, 0.3) is 22.4 Å². The molecule has 8 heteroatoms. The maximum absolute atomic E-state index is 14.4. The van der Waals surface area contributed by atoms with Crippen LogP contribution in [0.5, 0.6) is 11.5 Å². The third-order valence-corrected chi connectivity index (χ3v) is 4.08. The minimum Gasteiger partial charge on any atom is -0.497 e. The molecule has 2 aromatic carbocycles. The largest absolute Gasteiger partial charge is 0.497 e. The highest BCUT2D eigenvalue weighted by Gasteiger charge is 2.21. The van der Waals surface area contributed by atoms with Gasteiger partial charge in [0.05, 0.1) is 25.5 Å². The quantitative estimate of drug-likeness (QED) is 0.735. The van der Waals surface area contributed by atoms with E-state index in [-0.39, 0.29) is 16.8 Å². The summed E-state index contributed by atoms with van der Waals surface area (Å²) in [5, 5.41) is 9.18. The van der Waals surface area contributed by atoms with E-state index in [1.54, 1.807) is 24.3 Å². The van der Waals surface area contributed by atoms with Crippen molar-refractivity contribution < 1.29 is 22.6 Å². The normalized spacial score (nSPS) is 10.4. The molecule has 0 aliphatic carbocycles. The zero-order valence-electron chi connectivity index (χ0n) is 14.8. The number of nitrogens with one attached hydrogen (secondary N) is 1. The fraction of sp³-hybridized carbons (Fsp3) is 0.100. The Morgan fingerprint density at radius 3 is 2.00 bits per heavy atom. The number of pyridine rings is 1. The second-order valence-electron chi connectivity index (χ2n) is 5.76. The van der Waals surface area contributed by atoms with Crippen LogP contribution < -0.4 is 15.0 Å². The predicted octanol–water partition coefficient (Wildman–Crippen LogP) is 4.02. The smallest absolute Gasteiger partial charge is 0.266 e. The molecule has 0 radical (unpaired) electrons. The van der Waals surface area contributed by atoms with Crippen molar-refractivity contribution in [3.8, 4) is 40.0 Å². The summed E-state index contributed by atoms with van der Waals surface area (Å²) in [6.07, 6.45) is 0. The Morgan fingerprint density at radius 2 is 1.50 bits per heavy atom. The molecule has 0 atom stereocenters. The van der Waals surface area contributed by atoms with E-state index < -0.39 is 28.6 Å². The summed E-state index contributed by atoms with van der Waals surface area (Å²) < 4.78 is 52.5. The summed E-state index contributed by atoms with van der Waals surface area (Å²) in [7, 11) is 2.85. The van der Waals surface area contributed by atoms with E-state index in [1.165, 1.54) is 20.3 Å². The maximum Gasteiger partial charge on any atom is 0.266 e. The Bertz CT molecular complexity index is 1120. The Hall–Kier alpha value is -3.73. The number of hydrogen-bond acceptors (Lipinski definition) is 4. The molecule has 0 aliphatic rings. The van der Waals surface area contributed by atoms with Crippen LogP contribution in [0.15, 0.2) is 41.2 Å². The second kappa shape index (κ2) is 7.48. The Labute approximate surface area is 157 Å². The topological polar surface area (TPSA) is 75.1 Å². The summed E-state index contributed by atoms with van der Waals surface area (Å²) in [5.74, 6) is -2.74. The summed E-state index contributed by atoms with van der Waals surface area (Å²) >= 11 is 0. The van der Waals surface area contributed by atoms with Gasteiger partial charge in [-0.3, -0.25) is 4.79 Å². The molecule has 28 heavy (non-hydrogen) atoms. The third kappa shape index (κ3) is 3.42. The first-order valence-electron chi connectivity index (χ1n) is 7.93.